The van der Waals surface area contributed by atoms with Crippen molar-refractivity contribution in [2.45, 2.75) is 19.4 Å². The Morgan fingerprint density at radius 3 is 2.50 bits per heavy atom. The molecule has 1 aliphatic heterocycles. The number of aromatic nitrogens is 1. The molecule has 0 saturated heterocycles. The number of amides is 2. The van der Waals surface area contributed by atoms with E-state index in [1.165, 1.54) is 11.3 Å². The second-order valence-electron chi connectivity index (χ2n) is 8.82. The maximum atomic E-state index is 13.2. The summed E-state index contributed by atoms with van der Waals surface area (Å²) in [6.07, 6.45) is 0. The van der Waals surface area contributed by atoms with Crippen molar-refractivity contribution in [1.29, 1.82) is 0 Å². The van der Waals surface area contributed by atoms with E-state index in [0.29, 0.717) is 30.2 Å². The molecule has 0 fully saturated rings. The smallest absolute Gasteiger partial charge is 0.263 e. The molecule has 4 aromatic rings. The molecule has 5 rings (SSSR count). The fraction of sp³-hybridized carbons (Fsp3) is 0.207. The summed E-state index contributed by atoms with van der Waals surface area (Å²) in [6, 6.07) is 25.4. The summed E-state index contributed by atoms with van der Waals surface area (Å²) in [5, 5.41) is 3.90. The number of nitrogens with zero attached hydrogens (tertiary/aromatic N) is 2. The van der Waals surface area contributed by atoms with Crippen molar-refractivity contribution in [3.63, 3.8) is 0 Å². The lowest BCUT2D eigenvalue weighted by Crippen LogP contribution is -2.35. The Morgan fingerprint density at radius 1 is 1.06 bits per heavy atom. The third kappa shape index (κ3) is 4.88. The van der Waals surface area contributed by atoms with Crippen LogP contribution in [0.2, 0.25) is 0 Å². The lowest BCUT2D eigenvalue weighted by Gasteiger charge is -2.24. The zero-order valence-electron chi connectivity index (χ0n) is 20.2. The van der Waals surface area contributed by atoms with E-state index in [4.69, 9.17) is 4.74 Å². The third-order valence-electron chi connectivity index (χ3n) is 6.46. The molecule has 1 unspecified atom stereocenters. The molecular weight excluding hydrogens is 470 g/mol. The SMILES string of the molecule is COc1ccc(-c2nc(C)c(C(=O)NCC(CN3Cc4ccccc4C3=O)c3ccccc3)s2)cc1. The van der Waals surface area contributed by atoms with Crippen molar-refractivity contribution in [1.82, 2.24) is 15.2 Å². The summed E-state index contributed by atoms with van der Waals surface area (Å²) in [6.45, 7) is 3.38. The van der Waals surface area contributed by atoms with Crippen LogP contribution < -0.4 is 10.1 Å². The second kappa shape index (κ2) is 10.3. The van der Waals surface area contributed by atoms with E-state index in [-0.39, 0.29) is 17.7 Å². The van der Waals surface area contributed by atoms with Gasteiger partial charge in [-0.1, -0.05) is 48.5 Å². The number of benzene rings is 3. The van der Waals surface area contributed by atoms with Crippen molar-refractivity contribution in [2.24, 2.45) is 0 Å². The number of hydrogen-bond acceptors (Lipinski definition) is 5. The van der Waals surface area contributed by atoms with Crippen LogP contribution in [-0.2, 0) is 6.54 Å². The Hall–Kier alpha value is -3.97. The lowest BCUT2D eigenvalue weighted by atomic mass is 9.98. The number of thiazole rings is 1. The first-order valence-corrected chi connectivity index (χ1v) is 12.7. The molecule has 36 heavy (non-hydrogen) atoms. The quantitative estimate of drug-likeness (QED) is 0.359. The number of carbonyl (C=O) groups excluding carboxylic acids is 2. The molecule has 0 saturated carbocycles. The predicted molar refractivity (Wildman–Crippen MR) is 142 cm³/mol. The number of rotatable bonds is 8. The van der Waals surface area contributed by atoms with Crippen molar-refractivity contribution in [3.05, 3.63) is 106 Å². The minimum atomic E-state index is -0.151. The van der Waals surface area contributed by atoms with Gasteiger partial charge in [0.1, 0.15) is 15.6 Å². The van der Waals surface area contributed by atoms with Crippen molar-refractivity contribution in [2.75, 3.05) is 20.2 Å². The van der Waals surface area contributed by atoms with Gasteiger partial charge in [-0.15, -0.1) is 11.3 Å². The molecule has 6 nitrogen and oxygen atoms in total. The van der Waals surface area contributed by atoms with Gasteiger partial charge in [-0.2, -0.15) is 0 Å². The van der Waals surface area contributed by atoms with Crippen LogP contribution in [0.15, 0.2) is 78.9 Å². The van der Waals surface area contributed by atoms with E-state index >= 15 is 0 Å². The number of nitrogens with one attached hydrogen (secondary N) is 1. The molecule has 1 atom stereocenters. The predicted octanol–water partition coefficient (Wildman–Crippen LogP) is 5.30. The molecule has 0 radical (unpaired) electrons. The van der Waals surface area contributed by atoms with Crippen LogP contribution in [0.25, 0.3) is 10.6 Å². The number of carbonyl (C=O) groups is 2. The first-order chi connectivity index (χ1) is 17.5. The fourth-order valence-corrected chi connectivity index (χ4v) is 5.49. The van der Waals surface area contributed by atoms with E-state index in [2.05, 4.69) is 10.3 Å². The van der Waals surface area contributed by atoms with E-state index in [1.54, 1.807) is 7.11 Å². The summed E-state index contributed by atoms with van der Waals surface area (Å²) in [4.78, 5) is 33.2. The summed E-state index contributed by atoms with van der Waals surface area (Å²) in [5.74, 6) is 0.626. The average Bonchev–Trinajstić information content (AvgIpc) is 3.46. The Morgan fingerprint density at radius 2 is 1.78 bits per heavy atom. The maximum Gasteiger partial charge on any atom is 0.263 e. The standard InChI is InChI=1S/C29H27N3O3S/c1-19-26(36-28(31-19)21-12-14-24(35-2)15-13-21)27(33)30-16-23(20-8-4-3-5-9-20)18-32-17-22-10-6-7-11-25(22)29(32)34/h3-15,23H,16-18H2,1-2H3,(H,30,33). The van der Waals surface area contributed by atoms with E-state index in [0.717, 1.165) is 33.0 Å². The Bertz CT molecular complexity index is 1380. The highest BCUT2D eigenvalue weighted by molar-refractivity contribution is 7.17. The number of methoxy groups -OCH3 is 1. The van der Waals surface area contributed by atoms with Crippen LogP contribution in [0.4, 0.5) is 0 Å². The van der Waals surface area contributed by atoms with Crippen LogP contribution in [-0.4, -0.2) is 41.9 Å². The van der Waals surface area contributed by atoms with Crippen molar-refractivity contribution < 1.29 is 14.3 Å². The molecule has 1 N–H and O–H groups in total. The number of aryl methyl sites for hydroxylation is 1. The number of hydrogen-bond donors (Lipinski definition) is 1. The van der Waals surface area contributed by atoms with E-state index in [9.17, 15) is 9.59 Å². The monoisotopic (exact) mass is 497 g/mol. The Balaban J connectivity index is 1.30. The first-order valence-electron chi connectivity index (χ1n) is 11.9. The average molecular weight is 498 g/mol. The number of ether oxygens (including phenoxy) is 1. The van der Waals surface area contributed by atoms with E-state index in [1.807, 2.05) is 90.7 Å². The summed E-state index contributed by atoms with van der Waals surface area (Å²) in [7, 11) is 1.63. The van der Waals surface area contributed by atoms with Crippen LogP contribution in [0.1, 0.15) is 42.8 Å². The largest absolute Gasteiger partial charge is 0.497 e. The molecule has 3 aromatic carbocycles. The minimum Gasteiger partial charge on any atom is -0.497 e. The lowest BCUT2D eigenvalue weighted by molar-refractivity contribution is 0.0767. The van der Waals surface area contributed by atoms with Gasteiger partial charge in [-0.25, -0.2) is 4.98 Å². The third-order valence-corrected chi connectivity index (χ3v) is 7.66. The van der Waals surface area contributed by atoms with E-state index < -0.39 is 0 Å². The molecular formula is C29H27N3O3S. The highest BCUT2D eigenvalue weighted by atomic mass is 32.1. The Labute approximate surface area is 214 Å². The van der Waals surface area contributed by atoms with Gasteiger partial charge in [0, 0.05) is 36.7 Å². The zero-order chi connectivity index (χ0) is 25.1. The molecule has 2 amide bonds. The van der Waals surface area contributed by atoms with Crippen LogP contribution in [0, 0.1) is 6.92 Å². The van der Waals surface area contributed by atoms with Gasteiger partial charge < -0.3 is 15.0 Å². The highest BCUT2D eigenvalue weighted by Gasteiger charge is 2.29. The topological polar surface area (TPSA) is 71.5 Å². The molecule has 0 bridgehead atoms. The molecule has 2 heterocycles. The summed E-state index contributed by atoms with van der Waals surface area (Å²) >= 11 is 1.38. The number of fused-ring (bicyclic) bond motifs is 1. The minimum absolute atomic E-state index is 0.0392. The fourth-order valence-electron chi connectivity index (χ4n) is 4.50. The van der Waals surface area contributed by atoms with Gasteiger partial charge in [0.15, 0.2) is 0 Å². The molecule has 7 heteroatoms. The van der Waals surface area contributed by atoms with Crippen LogP contribution in [0.3, 0.4) is 0 Å². The van der Waals surface area contributed by atoms with Gasteiger partial charge in [-0.3, -0.25) is 9.59 Å². The highest BCUT2D eigenvalue weighted by Crippen LogP contribution is 2.30. The molecule has 1 aliphatic rings. The Kier molecular flexibility index (Phi) is 6.82. The normalized spacial score (nSPS) is 13.4. The van der Waals surface area contributed by atoms with Gasteiger partial charge in [0.2, 0.25) is 0 Å². The van der Waals surface area contributed by atoms with Crippen molar-refractivity contribution in [3.8, 4) is 16.3 Å². The van der Waals surface area contributed by atoms with Gasteiger partial charge in [0.05, 0.1) is 12.8 Å². The molecule has 1 aromatic heterocycles. The van der Waals surface area contributed by atoms with Gasteiger partial charge >= 0.3 is 0 Å². The van der Waals surface area contributed by atoms with Gasteiger partial charge in [-0.05, 0) is 48.4 Å². The summed E-state index contributed by atoms with van der Waals surface area (Å²) < 4.78 is 5.23. The first kappa shape index (κ1) is 23.8. The maximum absolute atomic E-state index is 13.2. The van der Waals surface area contributed by atoms with Gasteiger partial charge in [0.25, 0.3) is 11.8 Å². The summed E-state index contributed by atoms with van der Waals surface area (Å²) in [5.41, 5.74) is 4.54. The van der Waals surface area contributed by atoms with Crippen LogP contribution >= 0.6 is 11.3 Å². The molecule has 182 valence electrons. The molecule has 0 spiro atoms. The zero-order valence-corrected chi connectivity index (χ0v) is 21.0. The second-order valence-corrected chi connectivity index (χ2v) is 9.82. The van der Waals surface area contributed by atoms with Crippen molar-refractivity contribution >= 4 is 23.2 Å². The molecule has 0 aliphatic carbocycles. The van der Waals surface area contributed by atoms with Crippen LogP contribution in [0.5, 0.6) is 5.75 Å².